The summed E-state index contributed by atoms with van der Waals surface area (Å²) < 4.78 is 0. The van der Waals surface area contributed by atoms with Crippen LogP contribution in [-0.2, 0) is 0 Å². The molecule has 0 nitrogen and oxygen atoms in total. The molecule has 3 aliphatic rings. The predicted molar refractivity (Wildman–Crippen MR) is 156 cm³/mol. The third kappa shape index (κ3) is 6.11. The van der Waals surface area contributed by atoms with Gasteiger partial charge in [-0.1, -0.05) is 130 Å². The zero-order chi connectivity index (χ0) is 25.6. The Morgan fingerprint density at radius 3 is 0.853 bits per heavy atom. The van der Waals surface area contributed by atoms with Crippen molar-refractivity contribution in [3.63, 3.8) is 0 Å². The largest absolute Gasteiger partial charge is 0.0954 e. The van der Waals surface area contributed by atoms with E-state index >= 15 is 0 Å². The first kappa shape index (κ1) is 29.0. The molecule has 0 bridgehead atoms. The van der Waals surface area contributed by atoms with Crippen LogP contribution in [0.2, 0.25) is 0 Å². The zero-order valence-corrected chi connectivity index (χ0v) is 26.4. The van der Waals surface area contributed by atoms with Crippen molar-refractivity contribution in [2.75, 3.05) is 0 Å². The molecule has 3 saturated carbocycles. The van der Waals surface area contributed by atoms with Crippen molar-refractivity contribution in [2.45, 2.75) is 158 Å². The maximum atomic E-state index is 2.69. The third-order valence-electron chi connectivity index (χ3n) is 10.9. The van der Waals surface area contributed by atoms with Gasteiger partial charge in [-0.25, -0.2) is 0 Å². The molecule has 3 rings (SSSR count). The van der Waals surface area contributed by atoms with Crippen molar-refractivity contribution in [1.82, 2.24) is 0 Å². The summed E-state index contributed by atoms with van der Waals surface area (Å²) in [6.45, 7) is 31.4. The Morgan fingerprint density at radius 2 is 0.647 bits per heavy atom. The molecule has 3 aliphatic carbocycles. The lowest BCUT2D eigenvalue weighted by atomic mass is 9.68. The molecule has 9 unspecified atom stereocenters. The summed E-state index contributed by atoms with van der Waals surface area (Å²) in [6, 6.07) is 0. The summed E-state index contributed by atoms with van der Waals surface area (Å²) in [5.74, 6) is 5.46. The molecular formula is C33H63P. The van der Waals surface area contributed by atoms with Crippen LogP contribution in [0.5, 0.6) is 0 Å². The van der Waals surface area contributed by atoms with Gasteiger partial charge in [-0.05, 0) is 88.0 Å². The summed E-state index contributed by atoms with van der Waals surface area (Å²) in [6.07, 6.45) is 13.3. The molecule has 3 fully saturated rings. The third-order valence-corrected chi connectivity index (χ3v) is 15.6. The van der Waals surface area contributed by atoms with Crippen molar-refractivity contribution >= 4 is 7.92 Å². The summed E-state index contributed by atoms with van der Waals surface area (Å²) in [5.41, 5.74) is 4.21. The molecule has 34 heavy (non-hydrogen) atoms. The molecule has 0 aromatic rings. The Kier molecular flexibility index (Phi) is 9.09. The van der Waals surface area contributed by atoms with Crippen molar-refractivity contribution in [3.05, 3.63) is 0 Å². The van der Waals surface area contributed by atoms with Gasteiger partial charge in [0, 0.05) is 0 Å². The van der Waals surface area contributed by atoms with Crippen molar-refractivity contribution in [1.29, 1.82) is 0 Å². The maximum absolute atomic E-state index is 2.69. The highest BCUT2D eigenvalue weighted by Crippen LogP contribution is 2.71. The second kappa shape index (κ2) is 10.7. The van der Waals surface area contributed by atoms with Gasteiger partial charge >= 0.3 is 0 Å². The molecule has 0 aromatic heterocycles. The molecule has 0 N–H and O–H groups in total. The van der Waals surface area contributed by atoms with Crippen LogP contribution in [0.3, 0.4) is 0 Å². The van der Waals surface area contributed by atoms with Gasteiger partial charge in [-0.15, -0.1) is 0 Å². The number of rotatable bonds is 3. The van der Waals surface area contributed by atoms with Gasteiger partial charge in [-0.3, -0.25) is 0 Å². The van der Waals surface area contributed by atoms with E-state index in [0.29, 0.717) is 16.2 Å². The van der Waals surface area contributed by atoms with E-state index in [1.165, 1.54) is 57.8 Å². The number of hydrogen-bond acceptors (Lipinski definition) is 0. The van der Waals surface area contributed by atoms with E-state index in [0.717, 1.165) is 52.5 Å². The van der Waals surface area contributed by atoms with Crippen molar-refractivity contribution < 1.29 is 0 Å². The second-order valence-corrected chi connectivity index (χ2v) is 19.2. The summed E-state index contributed by atoms with van der Waals surface area (Å²) in [7, 11) is -0.0440. The van der Waals surface area contributed by atoms with Gasteiger partial charge in [0.15, 0.2) is 0 Å². The average molecular weight is 491 g/mol. The summed E-state index contributed by atoms with van der Waals surface area (Å²) >= 11 is 0. The van der Waals surface area contributed by atoms with E-state index < -0.39 is 0 Å². The molecule has 0 aromatic carbocycles. The molecule has 0 saturated heterocycles. The second-order valence-electron chi connectivity index (χ2n) is 16.6. The van der Waals surface area contributed by atoms with Crippen LogP contribution in [0.25, 0.3) is 0 Å². The molecule has 0 amide bonds. The average Bonchev–Trinajstić information content (AvgIpc) is 2.68. The fourth-order valence-corrected chi connectivity index (χ4v) is 15.6. The van der Waals surface area contributed by atoms with Crippen LogP contribution in [0.1, 0.15) is 141 Å². The SMILES string of the molecule is CC1CCCC(C(C)(C)C)C1P(C1C(C)CCCC1C(C)(C)C)C1C(C)CCCC1C(C)(C)C. The lowest BCUT2D eigenvalue weighted by molar-refractivity contribution is 0.122. The Bertz CT molecular complexity index is 553. The molecule has 0 radical (unpaired) electrons. The molecule has 0 heterocycles. The van der Waals surface area contributed by atoms with Gasteiger partial charge in [0.2, 0.25) is 0 Å². The van der Waals surface area contributed by atoms with E-state index in [2.05, 4.69) is 83.1 Å². The van der Waals surface area contributed by atoms with Gasteiger partial charge in [0.1, 0.15) is 0 Å². The highest BCUT2D eigenvalue weighted by Gasteiger charge is 2.55. The minimum Gasteiger partial charge on any atom is -0.0954 e. The Morgan fingerprint density at radius 1 is 0.412 bits per heavy atom. The minimum atomic E-state index is -0.0440. The summed E-state index contributed by atoms with van der Waals surface area (Å²) in [4.78, 5) is 0. The molecule has 0 spiro atoms. The van der Waals surface area contributed by atoms with Crippen LogP contribution in [-0.4, -0.2) is 17.0 Å². The topological polar surface area (TPSA) is 0 Å². The van der Waals surface area contributed by atoms with E-state index in [-0.39, 0.29) is 7.92 Å². The standard InChI is InChI=1S/C33H63P/c1-22-16-13-19-25(31(4,5)6)28(22)34(29-23(2)17-14-20-26(29)32(7,8)9)30-24(3)18-15-21-27(30)33(10,11)12/h22-30H,13-21H2,1-12H3. The zero-order valence-electron chi connectivity index (χ0n) is 25.5. The van der Waals surface area contributed by atoms with Crippen LogP contribution in [0.15, 0.2) is 0 Å². The molecular weight excluding hydrogens is 427 g/mol. The molecule has 0 aliphatic heterocycles. The minimum absolute atomic E-state index is 0.0440. The van der Waals surface area contributed by atoms with Gasteiger partial charge in [0.05, 0.1) is 0 Å². The van der Waals surface area contributed by atoms with E-state index in [1.54, 1.807) is 0 Å². The Labute approximate surface area is 217 Å². The van der Waals surface area contributed by atoms with E-state index in [4.69, 9.17) is 0 Å². The normalized spacial score (nSPS) is 41.8. The summed E-state index contributed by atoms with van der Waals surface area (Å²) in [5, 5.41) is 0. The van der Waals surface area contributed by atoms with Gasteiger partial charge < -0.3 is 0 Å². The molecule has 200 valence electrons. The maximum Gasteiger partial charge on any atom is -0.0145 e. The fraction of sp³-hybridized carbons (Fsp3) is 1.00. The van der Waals surface area contributed by atoms with Crippen LogP contribution < -0.4 is 0 Å². The molecule has 1 heteroatoms. The first-order chi connectivity index (χ1) is 15.5. The lowest BCUT2D eigenvalue weighted by Gasteiger charge is -2.60. The Balaban J connectivity index is 2.21. The van der Waals surface area contributed by atoms with Crippen molar-refractivity contribution in [2.24, 2.45) is 51.8 Å². The predicted octanol–water partition coefficient (Wildman–Crippen LogP) is 11.0. The van der Waals surface area contributed by atoms with Crippen LogP contribution in [0.4, 0.5) is 0 Å². The first-order valence-corrected chi connectivity index (χ1v) is 16.9. The van der Waals surface area contributed by atoms with Crippen LogP contribution >= 0.6 is 7.92 Å². The monoisotopic (exact) mass is 490 g/mol. The number of hydrogen-bond donors (Lipinski definition) is 0. The first-order valence-electron chi connectivity index (χ1n) is 15.3. The van der Waals surface area contributed by atoms with E-state index in [9.17, 15) is 0 Å². The quantitative estimate of drug-likeness (QED) is 0.345. The fourth-order valence-electron chi connectivity index (χ4n) is 9.13. The van der Waals surface area contributed by atoms with Crippen LogP contribution in [0, 0.1) is 51.8 Å². The smallest absolute Gasteiger partial charge is 0.0145 e. The Hall–Kier alpha value is 0.430. The lowest BCUT2D eigenvalue weighted by Crippen LogP contribution is -2.51. The van der Waals surface area contributed by atoms with E-state index in [1.807, 2.05) is 0 Å². The highest BCUT2D eigenvalue weighted by atomic mass is 31.1. The van der Waals surface area contributed by atoms with Gasteiger partial charge in [-0.2, -0.15) is 0 Å². The van der Waals surface area contributed by atoms with Crippen molar-refractivity contribution in [3.8, 4) is 0 Å². The molecule has 9 atom stereocenters. The highest BCUT2D eigenvalue weighted by molar-refractivity contribution is 7.60. The van der Waals surface area contributed by atoms with Gasteiger partial charge in [0.25, 0.3) is 0 Å².